The van der Waals surface area contributed by atoms with Crippen LogP contribution in [0.15, 0.2) is 22.7 Å². The van der Waals surface area contributed by atoms with Crippen LogP contribution in [0.2, 0.25) is 0 Å². The van der Waals surface area contributed by atoms with Crippen molar-refractivity contribution >= 4 is 60.9 Å². The number of fused-ring (bicyclic) bond motifs is 1. The molecule has 2 aromatic rings. The van der Waals surface area contributed by atoms with Crippen LogP contribution in [-0.2, 0) is 4.79 Å². The molecular weight excluding hydrogens is 362 g/mol. The van der Waals surface area contributed by atoms with Gasteiger partial charge in [0.2, 0.25) is 5.91 Å². The van der Waals surface area contributed by atoms with Crippen molar-refractivity contribution in [2.45, 2.75) is 6.92 Å². The SMILES string of the molecule is CC(=O)N1CCN(c2nc3ccc(Br)cc3s2)CC1.Cl. The minimum Gasteiger partial charge on any atom is -0.345 e. The Morgan fingerprint density at radius 2 is 2.00 bits per heavy atom. The zero-order chi connectivity index (χ0) is 13.4. The summed E-state index contributed by atoms with van der Waals surface area (Å²) in [6.07, 6.45) is 0. The van der Waals surface area contributed by atoms with E-state index >= 15 is 0 Å². The molecule has 4 nitrogen and oxygen atoms in total. The number of amides is 1. The van der Waals surface area contributed by atoms with Crippen LogP contribution in [0, 0.1) is 0 Å². The second-order valence-corrected chi connectivity index (χ2v) is 6.53. The van der Waals surface area contributed by atoms with Crippen LogP contribution < -0.4 is 4.90 Å². The van der Waals surface area contributed by atoms with E-state index in [1.165, 1.54) is 4.70 Å². The van der Waals surface area contributed by atoms with Gasteiger partial charge in [-0.25, -0.2) is 4.98 Å². The zero-order valence-electron chi connectivity index (χ0n) is 11.0. The molecule has 0 radical (unpaired) electrons. The molecule has 0 spiro atoms. The highest BCUT2D eigenvalue weighted by Gasteiger charge is 2.20. The number of aromatic nitrogens is 1. The van der Waals surface area contributed by atoms with E-state index in [4.69, 9.17) is 0 Å². The number of hydrogen-bond acceptors (Lipinski definition) is 4. The summed E-state index contributed by atoms with van der Waals surface area (Å²) in [6.45, 7) is 4.93. The minimum absolute atomic E-state index is 0. The molecule has 20 heavy (non-hydrogen) atoms. The van der Waals surface area contributed by atoms with Crippen LogP contribution in [0.3, 0.4) is 0 Å². The van der Waals surface area contributed by atoms with Crippen molar-refractivity contribution in [3.05, 3.63) is 22.7 Å². The van der Waals surface area contributed by atoms with Gasteiger partial charge in [0.1, 0.15) is 0 Å². The average Bonchev–Trinajstić information content (AvgIpc) is 2.81. The molecule has 2 heterocycles. The van der Waals surface area contributed by atoms with Gasteiger partial charge in [0.25, 0.3) is 0 Å². The van der Waals surface area contributed by atoms with Gasteiger partial charge in [-0.2, -0.15) is 0 Å². The molecule has 0 atom stereocenters. The number of rotatable bonds is 1. The molecule has 0 aliphatic carbocycles. The topological polar surface area (TPSA) is 36.4 Å². The first kappa shape index (κ1) is 15.5. The number of carbonyl (C=O) groups is 1. The van der Waals surface area contributed by atoms with Gasteiger partial charge >= 0.3 is 0 Å². The van der Waals surface area contributed by atoms with E-state index in [1.54, 1.807) is 18.3 Å². The van der Waals surface area contributed by atoms with Crippen molar-refractivity contribution < 1.29 is 4.79 Å². The van der Waals surface area contributed by atoms with Gasteiger partial charge < -0.3 is 9.80 Å². The fourth-order valence-electron chi connectivity index (χ4n) is 2.23. The molecule has 7 heteroatoms. The predicted octanol–water partition coefficient (Wildman–Crippen LogP) is 3.15. The maximum absolute atomic E-state index is 11.3. The van der Waals surface area contributed by atoms with E-state index in [1.807, 2.05) is 17.0 Å². The molecule has 0 unspecified atom stereocenters. The maximum atomic E-state index is 11.3. The third kappa shape index (κ3) is 3.07. The van der Waals surface area contributed by atoms with Crippen molar-refractivity contribution in [3.8, 4) is 0 Å². The van der Waals surface area contributed by atoms with Gasteiger partial charge in [-0.05, 0) is 18.2 Å². The van der Waals surface area contributed by atoms with E-state index in [-0.39, 0.29) is 18.3 Å². The Bertz CT molecular complexity index is 625. The molecule has 1 aliphatic heterocycles. The molecule has 1 amide bonds. The molecular formula is C13H15BrClN3OS. The number of benzene rings is 1. The molecule has 1 fully saturated rings. The number of piperazine rings is 1. The lowest BCUT2D eigenvalue weighted by molar-refractivity contribution is -0.129. The van der Waals surface area contributed by atoms with Crippen LogP contribution in [-0.4, -0.2) is 42.0 Å². The van der Waals surface area contributed by atoms with Crippen molar-refractivity contribution in [2.24, 2.45) is 0 Å². The molecule has 1 aromatic heterocycles. The van der Waals surface area contributed by atoms with Crippen molar-refractivity contribution in [1.29, 1.82) is 0 Å². The van der Waals surface area contributed by atoms with Crippen molar-refractivity contribution in [3.63, 3.8) is 0 Å². The summed E-state index contributed by atoms with van der Waals surface area (Å²) in [7, 11) is 0. The largest absolute Gasteiger partial charge is 0.345 e. The van der Waals surface area contributed by atoms with Crippen LogP contribution in [0.4, 0.5) is 5.13 Å². The lowest BCUT2D eigenvalue weighted by Crippen LogP contribution is -2.48. The lowest BCUT2D eigenvalue weighted by Gasteiger charge is -2.33. The molecule has 1 aliphatic rings. The van der Waals surface area contributed by atoms with Crippen LogP contribution >= 0.6 is 39.7 Å². The number of nitrogens with zero attached hydrogens (tertiary/aromatic N) is 3. The lowest BCUT2D eigenvalue weighted by atomic mass is 10.3. The molecule has 3 rings (SSSR count). The smallest absolute Gasteiger partial charge is 0.219 e. The highest BCUT2D eigenvalue weighted by molar-refractivity contribution is 9.10. The van der Waals surface area contributed by atoms with E-state index in [2.05, 4.69) is 31.9 Å². The van der Waals surface area contributed by atoms with Gasteiger partial charge in [0, 0.05) is 37.6 Å². The summed E-state index contributed by atoms with van der Waals surface area (Å²) < 4.78 is 2.27. The monoisotopic (exact) mass is 375 g/mol. The van der Waals surface area contributed by atoms with Crippen LogP contribution in [0.25, 0.3) is 10.2 Å². The summed E-state index contributed by atoms with van der Waals surface area (Å²) in [5.41, 5.74) is 1.04. The number of hydrogen-bond donors (Lipinski definition) is 0. The maximum Gasteiger partial charge on any atom is 0.219 e. The van der Waals surface area contributed by atoms with E-state index in [0.717, 1.165) is 41.3 Å². The number of carbonyl (C=O) groups excluding carboxylic acids is 1. The van der Waals surface area contributed by atoms with Crippen molar-refractivity contribution in [2.75, 3.05) is 31.1 Å². The van der Waals surface area contributed by atoms with Gasteiger partial charge in [-0.3, -0.25) is 4.79 Å². The summed E-state index contributed by atoms with van der Waals surface area (Å²) in [5.74, 6) is 0.160. The Kier molecular flexibility index (Phi) is 4.88. The van der Waals surface area contributed by atoms with Crippen LogP contribution in [0.5, 0.6) is 0 Å². The van der Waals surface area contributed by atoms with E-state index < -0.39 is 0 Å². The predicted molar refractivity (Wildman–Crippen MR) is 89.0 cm³/mol. The third-order valence-electron chi connectivity index (χ3n) is 3.33. The third-order valence-corrected chi connectivity index (χ3v) is 4.91. The summed E-state index contributed by atoms with van der Waals surface area (Å²) >= 11 is 5.19. The highest BCUT2D eigenvalue weighted by atomic mass is 79.9. The average molecular weight is 377 g/mol. The standard InChI is InChI=1S/C13H14BrN3OS.ClH/c1-9(18)16-4-6-17(7-5-16)13-15-11-3-2-10(14)8-12(11)19-13;/h2-3,8H,4-7H2,1H3;1H. The van der Waals surface area contributed by atoms with E-state index in [9.17, 15) is 4.79 Å². The Morgan fingerprint density at radius 1 is 1.30 bits per heavy atom. The molecule has 108 valence electrons. The normalized spacial score (nSPS) is 15.3. The minimum atomic E-state index is 0. The Hall–Kier alpha value is -0.850. The van der Waals surface area contributed by atoms with E-state index in [0.29, 0.717) is 0 Å². The molecule has 0 N–H and O–H groups in total. The molecule has 0 saturated carbocycles. The Morgan fingerprint density at radius 3 is 2.65 bits per heavy atom. The zero-order valence-corrected chi connectivity index (χ0v) is 14.2. The number of anilines is 1. The van der Waals surface area contributed by atoms with Gasteiger partial charge in [-0.15, -0.1) is 12.4 Å². The summed E-state index contributed by atoms with van der Waals surface area (Å²) in [4.78, 5) is 20.1. The van der Waals surface area contributed by atoms with Gasteiger partial charge in [0.05, 0.1) is 10.2 Å². The molecule has 0 bridgehead atoms. The number of thiazole rings is 1. The highest BCUT2D eigenvalue weighted by Crippen LogP contribution is 2.31. The fourth-order valence-corrected chi connectivity index (χ4v) is 3.80. The quantitative estimate of drug-likeness (QED) is 0.767. The first-order valence-electron chi connectivity index (χ1n) is 6.20. The summed E-state index contributed by atoms with van der Waals surface area (Å²) in [5, 5.41) is 1.05. The number of halogens is 2. The first-order chi connectivity index (χ1) is 9.13. The second-order valence-electron chi connectivity index (χ2n) is 4.60. The van der Waals surface area contributed by atoms with Crippen molar-refractivity contribution in [1.82, 2.24) is 9.88 Å². The Balaban J connectivity index is 0.00000147. The van der Waals surface area contributed by atoms with Gasteiger partial charge in [-0.1, -0.05) is 27.3 Å². The molecule has 1 saturated heterocycles. The van der Waals surface area contributed by atoms with Gasteiger partial charge in [0.15, 0.2) is 5.13 Å². The second kappa shape index (κ2) is 6.28. The first-order valence-corrected chi connectivity index (χ1v) is 7.81. The van der Waals surface area contributed by atoms with Crippen LogP contribution in [0.1, 0.15) is 6.92 Å². The Labute approximate surface area is 136 Å². The summed E-state index contributed by atoms with van der Waals surface area (Å²) in [6, 6.07) is 6.15. The fraction of sp³-hybridized carbons (Fsp3) is 0.385. The molecule has 1 aromatic carbocycles.